The molecule has 30 heavy (non-hydrogen) atoms. The lowest BCUT2D eigenvalue weighted by molar-refractivity contribution is -0.115. The zero-order valence-corrected chi connectivity index (χ0v) is 19.3. The molecule has 0 spiro atoms. The first-order chi connectivity index (χ1) is 14.1. The van der Waals surface area contributed by atoms with E-state index in [1.807, 2.05) is 43.3 Å². The van der Waals surface area contributed by atoms with Gasteiger partial charge in [0.1, 0.15) is 0 Å². The minimum atomic E-state index is -0.161. The zero-order chi connectivity index (χ0) is 21.6. The van der Waals surface area contributed by atoms with Crippen LogP contribution in [0.25, 0.3) is 11.6 Å². The predicted octanol–water partition coefficient (Wildman–Crippen LogP) is 6.17. The average molecular weight is 438 g/mol. The lowest BCUT2D eigenvalue weighted by atomic mass is 9.88. The molecule has 0 aliphatic carbocycles. The van der Waals surface area contributed by atoms with Crippen molar-refractivity contribution in [1.29, 1.82) is 0 Å². The molecule has 0 unspecified atom stereocenters. The number of hydrogen-bond acceptors (Lipinski definition) is 4. The first-order valence-corrected chi connectivity index (χ1v) is 11.0. The summed E-state index contributed by atoms with van der Waals surface area (Å²) < 4.78 is 0. The number of likely N-dealkylation sites (N-methyl/N-ethyl adjacent to an activating group) is 1. The summed E-state index contributed by atoms with van der Waals surface area (Å²) in [5, 5.41) is 4.04. The molecule has 2 aromatic rings. The Morgan fingerprint density at radius 2 is 1.97 bits per heavy atom. The molecule has 1 saturated heterocycles. The predicted molar refractivity (Wildman–Crippen MR) is 130 cm³/mol. The van der Waals surface area contributed by atoms with Crippen molar-refractivity contribution in [3.63, 3.8) is 0 Å². The standard InChI is InChI=1S/C24H24ClN3OS/c1-14-7-6-8-17(9-14)26-23-27-22(29)21(30-23)11-16-10-18-15(2)13-24(3,4)28(5)20(18)12-19(16)25/h6-13H,1-5H3,(H,26,27,29)/b21-11-. The Hall–Kier alpha value is -2.50. The van der Waals surface area contributed by atoms with Crippen LogP contribution in [0, 0.1) is 6.92 Å². The number of anilines is 1. The molecule has 4 rings (SSSR count). The van der Waals surface area contributed by atoms with E-state index >= 15 is 0 Å². The Bertz CT molecular complexity index is 1150. The third kappa shape index (κ3) is 3.92. The number of aliphatic imine (C=N–C) groups is 1. The van der Waals surface area contributed by atoms with Gasteiger partial charge in [0, 0.05) is 23.3 Å². The van der Waals surface area contributed by atoms with Crippen molar-refractivity contribution in [2.24, 2.45) is 4.99 Å². The summed E-state index contributed by atoms with van der Waals surface area (Å²) in [5.41, 5.74) is 6.11. The van der Waals surface area contributed by atoms with Gasteiger partial charge in [-0.25, -0.2) is 4.99 Å². The molecule has 0 aromatic heterocycles. The fourth-order valence-corrected chi connectivity index (χ4v) is 4.78. The summed E-state index contributed by atoms with van der Waals surface area (Å²) in [5.74, 6) is -0.161. The Balaban J connectivity index is 1.67. The number of nitrogens with one attached hydrogen (secondary N) is 1. The quantitative estimate of drug-likeness (QED) is 0.571. The molecule has 2 aliphatic rings. The van der Waals surface area contributed by atoms with E-state index in [1.54, 1.807) is 0 Å². The molecule has 0 saturated carbocycles. The van der Waals surface area contributed by atoms with Crippen LogP contribution in [0.4, 0.5) is 11.4 Å². The number of allylic oxidation sites excluding steroid dienone is 1. The van der Waals surface area contributed by atoms with Gasteiger partial charge in [0.25, 0.3) is 5.91 Å². The van der Waals surface area contributed by atoms with Gasteiger partial charge in [-0.15, -0.1) is 0 Å². The van der Waals surface area contributed by atoms with Crippen LogP contribution >= 0.6 is 23.4 Å². The second-order valence-corrected chi connectivity index (χ2v) is 9.69. The fourth-order valence-electron chi connectivity index (χ4n) is 3.73. The highest BCUT2D eigenvalue weighted by Gasteiger charge is 2.30. The van der Waals surface area contributed by atoms with Gasteiger partial charge in [-0.3, -0.25) is 4.79 Å². The van der Waals surface area contributed by atoms with Gasteiger partial charge in [-0.2, -0.15) is 0 Å². The van der Waals surface area contributed by atoms with E-state index in [4.69, 9.17) is 11.6 Å². The maximum atomic E-state index is 12.5. The second-order valence-electron chi connectivity index (χ2n) is 8.25. The minimum absolute atomic E-state index is 0.0806. The number of hydrogen-bond donors (Lipinski definition) is 1. The van der Waals surface area contributed by atoms with E-state index in [1.165, 1.54) is 17.3 Å². The Kier molecular flexibility index (Phi) is 5.28. The molecule has 0 atom stereocenters. The molecule has 0 bridgehead atoms. The van der Waals surface area contributed by atoms with Crippen molar-refractivity contribution >= 4 is 57.5 Å². The first kappa shape index (κ1) is 20.8. The van der Waals surface area contributed by atoms with Gasteiger partial charge in [-0.05, 0) is 86.5 Å². The Morgan fingerprint density at radius 3 is 2.70 bits per heavy atom. The van der Waals surface area contributed by atoms with Crippen LogP contribution in [0.2, 0.25) is 5.02 Å². The number of halogens is 1. The van der Waals surface area contributed by atoms with Crippen LogP contribution in [0.15, 0.2) is 52.4 Å². The molecular weight excluding hydrogens is 414 g/mol. The third-order valence-electron chi connectivity index (χ3n) is 5.51. The van der Waals surface area contributed by atoms with Gasteiger partial charge in [0.2, 0.25) is 0 Å². The van der Waals surface area contributed by atoms with Crippen LogP contribution in [-0.2, 0) is 4.79 Å². The van der Waals surface area contributed by atoms with Gasteiger partial charge in [-0.1, -0.05) is 29.8 Å². The van der Waals surface area contributed by atoms with E-state index in [2.05, 4.69) is 55.2 Å². The summed E-state index contributed by atoms with van der Waals surface area (Å²) in [7, 11) is 2.07. The summed E-state index contributed by atoms with van der Waals surface area (Å²) in [4.78, 5) is 19.9. The normalized spacial score (nSPS) is 20.4. The van der Waals surface area contributed by atoms with Crippen molar-refractivity contribution < 1.29 is 4.79 Å². The lowest BCUT2D eigenvalue weighted by Gasteiger charge is -2.40. The largest absolute Gasteiger partial charge is 0.365 e. The number of carbonyl (C=O) groups is 1. The monoisotopic (exact) mass is 437 g/mol. The molecule has 0 radical (unpaired) electrons. The van der Waals surface area contributed by atoms with Crippen LogP contribution < -0.4 is 10.2 Å². The molecule has 6 heteroatoms. The van der Waals surface area contributed by atoms with E-state index < -0.39 is 0 Å². The van der Waals surface area contributed by atoms with Crippen LogP contribution in [0.1, 0.15) is 37.5 Å². The molecule has 2 aliphatic heterocycles. The molecule has 1 N–H and O–H groups in total. The molecule has 2 heterocycles. The van der Waals surface area contributed by atoms with E-state index in [-0.39, 0.29) is 11.4 Å². The number of fused-ring (bicyclic) bond motifs is 1. The van der Waals surface area contributed by atoms with Gasteiger partial charge < -0.3 is 10.2 Å². The highest BCUT2D eigenvalue weighted by atomic mass is 35.5. The highest BCUT2D eigenvalue weighted by molar-refractivity contribution is 8.18. The molecular formula is C24H24ClN3OS. The SMILES string of the molecule is CC1=CC(C)(C)N(C)c2cc(Cl)c(/C=C3\SC(=Nc4cccc(C)c4)NC3=O)cc21. The van der Waals surface area contributed by atoms with Gasteiger partial charge >= 0.3 is 0 Å². The van der Waals surface area contributed by atoms with Gasteiger partial charge in [0.05, 0.1) is 16.1 Å². The number of amidine groups is 1. The summed E-state index contributed by atoms with van der Waals surface area (Å²) >= 11 is 7.94. The molecule has 2 aromatic carbocycles. The van der Waals surface area contributed by atoms with Crippen molar-refractivity contribution in [2.75, 3.05) is 11.9 Å². The Labute approximate surface area is 186 Å². The number of thioether (sulfide) groups is 1. The molecule has 1 fully saturated rings. The summed E-state index contributed by atoms with van der Waals surface area (Å²) in [6.45, 7) is 8.49. The highest BCUT2D eigenvalue weighted by Crippen LogP contribution is 2.41. The molecule has 154 valence electrons. The maximum Gasteiger partial charge on any atom is 0.264 e. The maximum absolute atomic E-state index is 12.5. The zero-order valence-electron chi connectivity index (χ0n) is 17.7. The Morgan fingerprint density at radius 1 is 1.20 bits per heavy atom. The van der Waals surface area contributed by atoms with Crippen molar-refractivity contribution in [2.45, 2.75) is 33.2 Å². The lowest BCUT2D eigenvalue weighted by Crippen LogP contribution is -2.42. The summed E-state index contributed by atoms with van der Waals surface area (Å²) in [6, 6.07) is 11.9. The van der Waals surface area contributed by atoms with Crippen molar-refractivity contribution in [1.82, 2.24) is 5.32 Å². The summed E-state index contributed by atoms with van der Waals surface area (Å²) in [6.07, 6.45) is 4.10. The second kappa shape index (κ2) is 7.64. The van der Waals surface area contributed by atoms with Crippen molar-refractivity contribution in [3.05, 3.63) is 69.1 Å². The smallest absolute Gasteiger partial charge is 0.264 e. The molecule has 4 nitrogen and oxygen atoms in total. The number of benzene rings is 2. The number of carbonyl (C=O) groups excluding carboxylic acids is 1. The number of amides is 1. The number of aryl methyl sites for hydroxylation is 1. The van der Waals surface area contributed by atoms with Crippen molar-refractivity contribution in [3.8, 4) is 0 Å². The van der Waals surface area contributed by atoms with Crippen LogP contribution in [0.5, 0.6) is 0 Å². The molecule has 1 amide bonds. The average Bonchev–Trinajstić information content (AvgIpc) is 2.99. The minimum Gasteiger partial charge on any atom is -0.365 e. The number of rotatable bonds is 2. The van der Waals surface area contributed by atoms with E-state index in [0.717, 1.165) is 28.1 Å². The van der Waals surface area contributed by atoms with Crippen LogP contribution in [-0.4, -0.2) is 23.7 Å². The third-order valence-corrected chi connectivity index (χ3v) is 6.74. The van der Waals surface area contributed by atoms with E-state index in [0.29, 0.717) is 15.1 Å². The number of nitrogens with zero attached hydrogens (tertiary/aromatic N) is 2. The van der Waals surface area contributed by atoms with E-state index in [9.17, 15) is 4.79 Å². The van der Waals surface area contributed by atoms with Crippen LogP contribution in [0.3, 0.4) is 0 Å². The first-order valence-electron chi connectivity index (χ1n) is 9.77. The topological polar surface area (TPSA) is 44.7 Å². The fraction of sp³-hybridized carbons (Fsp3) is 0.250. The van der Waals surface area contributed by atoms with Gasteiger partial charge in [0.15, 0.2) is 5.17 Å².